The number of benzene rings is 1. The van der Waals surface area contributed by atoms with Gasteiger partial charge >= 0.3 is 0 Å². The van der Waals surface area contributed by atoms with Gasteiger partial charge in [0.1, 0.15) is 5.75 Å². The highest BCUT2D eigenvalue weighted by Crippen LogP contribution is 2.35. The summed E-state index contributed by atoms with van der Waals surface area (Å²) in [6, 6.07) is 10.6. The molecule has 6 heteroatoms. The molecule has 2 aromatic rings. The Labute approximate surface area is 162 Å². The van der Waals surface area contributed by atoms with Gasteiger partial charge in [-0.1, -0.05) is 11.8 Å². The van der Waals surface area contributed by atoms with Crippen LogP contribution >= 0.6 is 23.1 Å². The molecule has 2 atom stereocenters. The number of ether oxygens (including phenoxy) is 1. The van der Waals surface area contributed by atoms with Gasteiger partial charge in [-0.05, 0) is 63.0 Å². The predicted octanol–water partition coefficient (Wildman–Crippen LogP) is 4.12. The summed E-state index contributed by atoms with van der Waals surface area (Å²) in [5.41, 5.74) is 0.738. The topological polar surface area (TPSA) is 41.6 Å². The number of hydrogen-bond donors (Lipinski definition) is 1. The van der Waals surface area contributed by atoms with Gasteiger partial charge in [0.2, 0.25) is 0 Å². The zero-order valence-corrected chi connectivity index (χ0v) is 16.7. The van der Waals surface area contributed by atoms with Gasteiger partial charge in [-0.3, -0.25) is 9.69 Å². The van der Waals surface area contributed by atoms with E-state index in [-0.39, 0.29) is 11.9 Å². The highest BCUT2D eigenvalue weighted by atomic mass is 32.2. The highest BCUT2D eigenvalue weighted by molar-refractivity contribution is 8.01. The van der Waals surface area contributed by atoms with E-state index in [0.717, 1.165) is 16.2 Å². The van der Waals surface area contributed by atoms with E-state index in [0.29, 0.717) is 12.0 Å². The zero-order valence-electron chi connectivity index (χ0n) is 15.1. The van der Waals surface area contributed by atoms with Crippen molar-refractivity contribution in [2.45, 2.75) is 41.0 Å². The Morgan fingerprint density at radius 1 is 1.27 bits per heavy atom. The third-order valence-electron chi connectivity index (χ3n) is 5.60. The fraction of sp³-hybridized carbons (Fsp3) is 0.450. The van der Waals surface area contributed by atoms with Crippen LogP contribution in [0.5, 0.6) is 5.75 Å². The molecule has 0 aliphatic carbocycles. The lowest BCUT2D eigenvalue weighted by atomic mass is 9.79. The number of fused-ring (bicyclic) bond motifs is 3. The van der Waals surface area contributed by atoms with E-state index in [9.17, 15) is 4.79 Å². The molecular weight excluding hydrogens is 364 g/mol. The van der Waals surface area contributed by atoms with Crippen molar-refractivity contribution >= 4 is 29.0 Å². The number of hydrogen-bond acceptors (Lipinski definition) is 5. The Morgan fingerprint density at radius 3 is 2.62 bits per heavy atom. The molecule has 5 rings (SSSR count). The first kappa shape index (κ1) is 17.9. The van der Waals surface area contributed by atoms with Gasteiger partial charge in [0.25, 0.3) is 5.91 Å². The van der Waals surface area contributed by atoms with Gasteiger partial charge in [0.05, 0.1) is 11.3 Å². The smallest absolute Gasteiger partial charge is 0.251 e. The molecule has 1 N–H and O–H groups in total. The Hall–Kier alpha value is -1.50. The third-order valence-corrected chi connectivity index (χ3v) is 7.66. The van der Waals surface area contributed by atoms with E-state index in [2.05, 4.69) is 17.1 Å². The van der Waals surface area contributed by atoms with E-state index in [1.165, 1.54) is 30.1 Å². The lowest BCUT2D eigenvalue weighted by Crippen LogP contribution is -2.62. The molecule has 0 radical (unpaired) electrons. The molecule has 1 aromatic carbocycles. The van der Waals surface area contributed by atoms with Crippen molar-refractivity contribution < 1.29 is 9.53 Å². The summed E-state index contributed by atoms with van der Waals surface area (Å²) in [5, 5.41) is 5.29. The fourth-order valence-electron chi connectivity index (χ4n) is 4.03. The minimum atomic E-state index is 0.0462. The fourth-order valence-corrected chi connectivity index (χ4v) is 5.92. The first-order valence-corrected chi connectivity index (χ1v) is 10.8. The summed E-state index contributed by atoms with van der Waals surface area (Å²) >= 11 is 3.35. The van der Waals surface area contributed by atoms with Crippen molar-refractivity contribution in [3.05, 3.63) is 41.3 Å². The molecule has 4 nitrogen and oxygen atoms in total. The summed E-state index contributed by atoms with van der Waals surface area (Å²) in [6.07, 6.45) is 2.41. The quantitative estimate of drug-likeness (QED) is 0.837. The standard InChI is InChI=1S/C20H24N2O2S2/c1-13-19(14-7-9-22(13)10-8-14)21-20(23)15-3-5-17(6-4-15)26-18-11-16(24-2)12-25-18/h3-6,11-14,19H,7-10H2,1-2H3,(H,21,23). The zero-order chi connectivity index (χ0) is 18.1. The first-order valence-electron chi connectivity index (χ1n) is 9.09. The molecule has 3 fully saturated rings. The molecule has 1 aromatic heterocycles. The minimum absolute atomic E-state index is 0.0462. The summed E-state index contributed by atoms with van der Waals surface area (Å²) < 4.78 is 6.41. The molecule has 4 heterocycles. The first-order chi connectivity index (χ1) is 12.6. The van der Waals surface area contributed by atoms with Crippen LogP contribution < -0.4 is 10.1 Å². The SMILES string of the molecule is COc1csc(Sc2ccc(C(=O)NC3C4CCN(CC4)C3C)cc2)c1. The third kappa shape index (κ3) is 3.63. The van der Waals surface area contributed by atoms with Gasteiger partial charge in [-0.2, -0.15) is 0 Å². The molecule has 3 aliphatic rings. The van der Waals surface area contributed by atoms with Crippen LogP contribution in [0.2, 0.25) is 0 Å². The van der Waals surface area contributed by atoms with Crippen molar-refractivity contribution in [3.8, 4) is 5.75 Å². The van der Waals surface area contributed by atoms with Gasteiger partial charge in [0, 0.05) is 34.0 Å². The average Bonchev–Trinajstić information content (AvgIpc) is 3.13. The van der Waals surface area contributed by atoms with Crippen molar-refractivity contribution in [1.29, 1.82) is 0 Å². The van der Waals surface area contributed by atoms with Crippen LogP contribution in [0.25, 0.3) is 0 Å². The summed E-state index contributed by atoms with van der Waals surface area (Å²) in [4.78, 5) is 16.3. The number of nitrogens with one attached hydrogen (secondary N) is 1. The molecule has 2 bridgehead atoms. The van der Waals surface area contributed by atoms with Gasteiger partial charge in [-0.15, -0.1) is 11.3 Å². The summed E-state index contributed by atoms with van der Waals surface area (Å²) in [5.74, 6) is 1.56. The lowest BCUT2D eigenvalue weighted by molar-refractivity contribution is 0.0217. The molecule has 0 spiro atoms. The number of carbonyl (C=O) groups is 1. The van der Waals surface area contributed by atoms with Gasteiger partial charge in [0.15, 0.2) is 0 Å². The average molecular weight is 389 g/mol. The van der Waals surface area contributed by atoms with Gasteiger partial charge in [-0.25, -0.2) is 0 Å². The number of amides is 1. The number of piperidine rings is 3. The maximum Gasteiger partial charge on any atom is 0.251 e. The van der Waals surface area contributed by atoms with Crippen molar-refractivity contribution in [1.82, 2.24) is 10.2 Å². The Bertz CT molecular complexity index is 764. The largest absolute Gasteiger partial charge is 0.496 e. The molecule has 138 valence electrons. The molecule has 26 heavy (non-hydrogen) atoms. The molecule has 1 amide bonds. The van der Waals surface area contributed by atoms with E-state index < -0.39 is 0 Å². The molecule has 0 saturated carbocycles. The number of rotatable bonds is 5. The number of nitrogens with zero attached hydrogens (tertiary/aromatic N) is 1. The second kappa shape index (κ2) is 7.62. The van der Waals surface area contributed by atoms with Crippen molar-refractivity contribution in [2.75, 3.05) is 20.2 Å². The Kier molecular flexibility index (Phi) is 5.25. The van der Waals surface area contributed by atoms with Crippen LogP contribution in [0, 0.1) is 5.92 Å². The maximum absolute atomic E-state index is 12.7. The van der Waals surface area contributed by atoms with Crippen LogP contribution in [0.3, 0.4) is 0 Å². The monoisotopic (exact) mass is 388 g/mol. The number of carbonyl (C=O) groups excluding carboxylic acids is 1. The molecular formula is C20H24N2O2S2. The van der Waals surface area contributed by atoms with E-state index in [1.807, 2.05) is 35.7 Å². The molecule has 3 saturated heterocycles. The van der Waals surface area contributed by atoms with Crippen LogP contribution in [0.1, 0.15) is 30.1 Å². The highest BCUT2D eigenvalue weighted by Gasteiger charge is 2.40. The van der Waals surface area contributed by atoms with Crippen LogP contribution in [0.15, 0.2) is 44.8 Å². The van der Waals surface area contributed by atoms with E-state index in [4.69, 9.17) is 4.74 Å². The second-order valence-electron chi connectivity index (χ2n) is 7.05. The predicted molar refractivity (Wildman–Crippen MR) is 106 cm³/mol. The molecule has 2 unspecified atom stereocenters. The van der Waals surface area contributed by atoms with Crippen LogP contribution in [-0.2, 0) is 0 Å². The second-order valence-corrected chi connectivity index (χ2v) is 9.33. The van der Waals surface area contributed by atoms with Crippen LogP contribution in [-0.4, -0.2) is 43.1 Å². The lowest BCUT2D eigenvalue weighted by Gasteiger charge is -2.49. The summed E-state index contributed by atoms with van der Waals surface area (Å²) in [6.45, 7) is 4.60. The van der Waals surface area contributed by atoms with Crippen LogP contribution in [0.4, 0.5) is 0 Å². The normalized spacial score (nSPS) is 27.3. The van der Waals surface area contributed by atoms with E-state index >= 15 is 0 Å². The summed E-state index contributed by atoms with van der Waals surface area (Å²) in [7, 11) is 1.68. The minimum Gasteiger partial charge on any atom is -0.496 e. The Balaban J connectivity index is 1.39. The van der Waals surface area contributed by atoms with E-state index in [1.54, 1.807) is 30.2 Å². The Morgan fingerprint density at radius 2 is 2.00 bits per heavy atom. The van der Waals surface area contributed by atoms with Crippen molar-refractivity contribution in [2.24, 2.45) is 5.92 Å². The number of methoxy groups -OCH3 is 1. The number of thiophene rings is 1. The van der Waals surface area contributed by atoms with Crippen molar-refractivity contribution in [3.63, 3.8) is 0 Å². The maximum atomic E-state index is 12.7. The molecule has 3 aliphatic heterocycles. The van der Waals surface area contributed by atoms with Gasteiger partial charge < -0.3 is 10.1 Å².